The van der Waals surface area contributed by atoms with E-state index in [9.17, 15) is 13.0 Å². The maximum Gasteiger partial charge on any atom is 1.00 e. The summed E-state index contributed by atoms with van der Waals surface area (Å²) >= 11 is 0. The zero-order valence-electron chi connectivity index (χ0n) is 11.4. The van der Waals surface area contributed by atoms with Crippen molar-refractivity contribution in [3.63, 3.8) is 0 Å². The molecule has 19 heavy (non-hydrogen) atoms. The molecule has 0 bridgehead atoms. The molecule has 1 rings (SSSR count). The van der Waals surface area contributed by atoms with E-state index < -0.39 is 10.3 Å². The van der Waals surface area contributed by atoms with E-state index in [1.165, 1.54) is 24.8 Å². The molecule has 0 spiro atoms. The Labute approximate surface area is 136 Å². The molecule has 100 valence electrons. The smallest absolute Gasteiger partial charge is 0.728 e. The molecule has 5 nitrogen and oxygen atoms in total. The average Bonchev–Trinajstić information content (AvgIpc) is 2.33. The van der Waals surface area contributed by atoms with Crippen molar-refractivity contribution in [1.82, 2.24) is 0 Å². The maximum atomic E-state index is 10.3. The zero-order chi connectivity index (χ0) is 13.4. The Morgan fingerprint density at radius 3 is 2.26 bits per heavy atom. The Bertz CT molecular complexity index is 486. The summed E-state index contributed by atoms with van der Waals surface area (Å²) in [5.74, 6) is 0. The van der Waals surface area contributed by atoms with Crippen LogP contribution in [0.15, 0.2) is 33.9 Å². The van der Waals surface area contributed by atoms with Crippen LogP contribution in [0, 0.1) is 0 Å². The van der Waals surface area contributed by atoms with Gasteiger partial charge in [-0.1, -0.05) is 42.8 Å². The summed E-state index contributed by atoms with van der Waals surface area (Å²) in [6.45, 7) is 2.17. The minimum atomic E-state index is -4.64. The van der Waals surface area contributed by atoms with Gasteiger partial charge in [-0.25, -0.2) is 8.42 Å². The first-order chi connectivity index (χ1) is 8.51. The van der Waals surface area contributed by atoms with Crippen LogP contribution < -0.4 is 29.6 Å². The number of hydrogen-bond acceptors (Lipinski definition) is 4. The second kappa shape index (κ2) is 9.61. The van der Waals surface area contributed by atoms with Gasteiger partial charge in [0.15, 0.2) is 0 Å². The van der Waals surface area contributed by atoms with Crippen molar-refractivity contribution in [3.05, 3.63) is 29.8 Å². The molecular formula is C12H17N2NaO3S. The number of hydrogen-bond donors (Lipinski definition) is 0. The SMILES string of the molecule is CCCCCCc1ccc(N=NS(=O)(=O)[O-])cc1.[Na+]. The Kier molecular flexibility index (Phi) is 9.47. The summed E-state index contributed by atoms with van der Waals surface area (Å²) in [5, 5.41) is 3.35. The van der Waals surface area contributed by atoms with Crippen molar-refractivity contribution < 1.29 is 42.5 Å². The van der Waals surface area contributed by atoms with Gasteiger partial charge in [0.25, 0.3) is 0 Å². The number of benzene rings is 1. The van der Waals surface area contributed by atoms with Crippen molar-refractivity contribution >= 4 is 16.0 Å². The Balaban J connectivity index is 0.00000324. The monoisotopic (exact) mass is 292 g/mol. The van der Waals surface area contributed by atoms with Crippen LogP contribution in [0.2, 0.25) is 0 Å². The van der Waals surface area contributed by atoms with Crippen LogP contribution in [-0.2, 0) is 16.7 Å². The van der Waals surface area contributed by atoms with Gasteiger partial charge in [-0.05, 0) is 30.5 Å². The second-order valence-corrected chi connectivity index (χ2v) is 5.11. The van der Waals surface area contributed by atoms with E-state index >= 15 is 0 Å². The third-order valence-corrected chi connectivity index (χ3v) is 2.79. The standard InChI is InChI=1S/C12H18N2O3S.Na/c1-2-3-4-5-6-11-7-9-12(10-8-11)13-14-18(15,16)17;/h7-10H,2-6H2,1H3,(H,15,16,17);/q;+1/p-1. The molecule has 0 aliphatic heterocycles. The van der Waals surface area contributed by atoms with Crippen LogP contribution in [0.5, 0.6) is 0 Å². The van der Waals surface area contributed by atoms with E-state index in [2.05, 4.69) is 16.6 Å². The molecule has 1 aromatic rings. The summed E-state index contributed by atoms with van der Waals surface area (Å²) in [7, 11) is -4.64. The van der Waals surface area contributed by atoms with Gasteiger partial charge in [-0.15, -0.1) is 5.11 Å². The first kappa shape index (κ1) is 18.7. The van der Waals surface area contributed by atoms with Crippen molar-refractivity contribution in [3.8, 4) is 0 Å². The Morgan fingerprint density at radius 2 is 1.74 bits per heavy atom. The molecule has 0 saturated carbocycles. The van der Waals surface area contributed by atoms with E-state index in [0.29, 0.717) is 5.69 Å². The van der Waals surface area contributed by atoms with Crippen molar-refractivity contribution in [2.45, 2.75) is 39.0 Å². The molecule has 0 amide bonds. The van der Waals surface area contributed by atoms with Crippen molar-refractivity contribution in [1.29, 1.82) is 0 Å². The minimum absolute atomic E-state index is 0. The zero-order valence-corrected chi connectivity index (χ0v) is 14.2. The molecule has 0 atom stereocenters. The Hall–Kier alpha value is -0.270. The second-order valence-electron chi connectivity index (χ2n) is 4.09. The molecule has 0 fully saturated rings. The summed E-state index contributed by atoms with van der Waals surface area (Å²) in [4.78, 5) is 0. The fourth-order valence-corrected chi connectivity index (χ4v) is 1.78. The quantitative estimate of drug-likeness (QED) is 0.315. The number of unbranched alkanes of at least 4 members (excludes halogenated alkanes) is 3. The molecule has 0 heterocycles. The van der Waals surface area contributed by atoms with Gasteiger partial charge in [0.05, 0.1) is 5.69 Å². The van der Waals surface area contributed by atoms with Gasteiger partial charge >= 0.3 is 29.6 Å². The fourth-order valence-electron chi connectivity index (χ4n) is 1.58. The molecule has 0 saturated heterocycles. The van der Waals surface area contributed by atoms with Gasteiger partial charge in [0.1, 0.15) is 0 Å². The van der Waals surface area contributed by atoms with Crippen LogP contribution in [0.1, 0.15) is 38.2 Å². The van der Waals surface area contributed by atoms with E-state index in [1.54, 1.807) is 12.1 Å². The van der Waals surface area contributed by atoms with Crippen LogP contribution in [-0.4, -0.2) is 13.0 Å². The largest absolute Gasteiger partial charge is 1.00 e. The van der Waals surface area contributed by atoms with Gasteiger partial charge in [0, 0.05) is 0 Å². The molecular weight excluding hydrogens is 275 g/mol. The maximum absolute atomic E-state index is 10.3. The van der Waals surface area contributed by atoms with E-state index in [-0.39, 0.29) is 29.6 Å². The van der Waals surface area contributed by atoms with Gasteiger partial charge < -0.3 is 4.55 Å². The van der Waals surface area contributed by atoms with Gasteiger partial charge in [-0.3, -0.25) is 0 Å². The molecule has 0 aliphatic carbocycles. The first-order valence-electron chi connectivity index (χ1n) is 5.99. The summed E-state index contributed by atoms with van der Waals surface area (Å²) in [6.07, 6.45) is 5.81. The van der Waals surface area contributed by atoms with Crippen LogP contribution in [0.4, 0.5) is 5.69 Å². The number of aryl methyl sites for hydroxylation is 1. The molecule has 0 radical (unpaired) electrons. The Morgan fingerprint density at radius 1 is 1.11 bits per heavy atom. The van der Waals surface area contributed by atoms with Crippen LogP contribution >= 0.6 is 0 Å². The minimum Gasteiger partial charge on any atom is -0.728 e. The molecule has 7 heteroatoms. The topological polar surface area (TPSA) is 81.9 Å². The number of rotatable bonds is 7. The van der Waals surface area contributed by atoms with Gasteiger partial charge in [-0.2, -0.15) is 0 Å². The molecule has 0 aromatic heterocycles. The van der Waals surface area contributed by atoms with Crippen LogP contribution in [0.3, 0.4) is 0 Å². The molecule has 1 aromatic carbocycles. The van der Waals surface area contributed by atoms with Crippen molar-refractivity contribution in [2.75, 3.05) is 0 Å². The molecule has 0 N–H and O–H groups in total. The summed E-state index contributed by atoms with van der Waals surface area (Å²) in [5.41, 5.74) is 1.54. The molecule has 0 aliphatic rings. The fraction of sp³-hybridized carbons (Fsp3) is 0.500. The van der Waals surface area contributed by atoms with E-state index in [0.717, 1.165) is 12.8 Å². The third-order valence-electron chi connectivity index (χ3n) is 2.51. The van der Waals surface area contributed by atoms with E-state index in [1.807, 2.05) is 12.1 Å². The molecule has 0 unspecified atom stereocenters. The first-order valence-corrected chi connectivity index (χ1v) is 7.35. The van der Waals surface area contributed by atoms with E-state index in [4.69, 9.17) is 0 Å². The normalized spacial score (nSPS) is 11.5. The average molecular weight is 292 g/mol. The van der Waals surface area contributed by atoms with Gasteiger partial charge in [0.2, 0.25) is 10.3 Å². The van der Waals surface area contributed by atoms with Crippen LogP contribution in [0.25, 0.3) is 0 Å². The third kappa shape index (κ3) is 9.29. The predicted molar refractivity (Wildman–Crippen MR) is 68.5 cm³/mol. The number of nitrogens with zero attached hydrogens (tertiary/aromatic N) is 2. The summed E-state index contributed by atoms with van der Waals surface area (Å²) in [6, 6.07) is 7.06. The summed E-state index contributed by atoms with van der Waals surface area (Å²) < 4.78 is 33.5. The van der Waals surface area contributed by atoms with Crippen molar-refractivity contribution in [2.24, 2.45) is 9.63 Å². The predicted octanol–water partition coefficient (Wildman–Crippen LogP) is 0.357.